The van der Waals surface area contributed by atoms with Crippen molar-refractivity contribution in [2.75, 3.05) is 0 Å². The van der Waals surface area contributed by atoms with Gasteiger partial charge in [-0.1, -0.05) is 12.1 Å². The van der Waals surface area contributed by atoms with Gasteiger partial charge in [0.1, 0.15) is 12.0 Å². The van der Waals surface area contributed by atoms with Crippen molar-refractivity contribution >= 4 is 27.6 Å². The number of rotatable bonds is 0. The van der Waals surface area contributed by atoms with E-state index in [-0.39, 0.29) is 0 Å². The van der Waals surface area contributed by atoms with Crippen molar-refractivity contribution < 1.29 is 0 Å². The SMILES string of the molecule is c1ccc2c(c1)ncn1c3cnccc3nc21. The van der Waals surface area contributed by atoms with Gasteiger partial charge in [0, 0.05) is 11.6 Å². The molecule has 17 heavy (non-hydrogen) atoms. The van der Waals surface area contributed by atoms with Gasteiger partial charge in [-0.25, -0.2) is 9.97 Å². The molecule has 0 atom stereocenters. The molecule has 4 heteroatoms. The predicted molar refractivity (Wildman–Crippen MR) is 65.8 cm³/mol. The third kappa shape index (κ3) is 1.09. The first-order valence-electron chi connectivity index (χ1n) is 5.39. The van der Waals surface area contributed by atoms with Gasteiger partial charge in [0.05, 0.1) is 22.7 Å². The molecule has 0 aliphatic rings. The lowest BCUT2D eigenvalue weighted by molar-refractivity contribution is 1.14. The van der Waals surface area contributed by atoms with E-state index in [4.69, 9.17) is 0 Å². The van der Waals surface area contributed by atoms with Crippen molar-refractivity contribution in [1.82, 2.24) is 19.4 Å². The Bertz CT molecular complexity index is 848. The molecule has 0 unspecified atom stereocenters. The smallest absolute Gasteiger partial charge is 0.148 e. The fourth-order valence-corrected chi connectivity index (χ4v) is 2.14. The normalized spacial score (nSPS) is 11.5. The quantitative estimate of drug-likeness (QED) is 0.457. The number of benzene rings is 1. The van der Waals surface area contributed by atoms with E-state index in [1.165, 1.54) is 0 Å². The summed E-state index contributed by atoms with van der Waals surface area (Å²) < 4.78 is 1.98. The lowest BCUT2D eigenvalue weighted by Crippen LogP contribution is -1.89. The van der Waals surface area contributed by atoms with E-state index in [0.717, 1.165) is 27.6 Å². The molecule has 0 N–H and O–H groups in total. The van der Waals surface area contributed by atoms with Crippen LogP contribution in [0.3, 0.4) is 0 Å². The second kappa shape index (κ2) is 3.01. The number of nitrogens with zero attached hydrogens (tertiary/aromatic N) is 4. The van der Waals surface area contributed by atoms with Gasteiger partial charge in [-0.15, -0.1) is 0 Å². The average Bonchev–Trinajstić information content (AvgIpc) is 2.78. The monoisotopic (exact) mass is 220 g/mol. The van der Waals surface area contributed by atoms with Crippen molar-refractivity contribution in [3.63, 3.8) is 0 Å². The molecule has 0 fully saturated rings. The molecule has 0 aliphatic carbocycles. The average molecular weight is 220 g/mol. The highest BCUT2D eigenvalue weighted by atomic mass is 15.1. The van der Waals surface area contributed by atoms with Crippen LogP contribution in [-0.4, -0.2) is 19.4 Å². The van der Waals surface area contributed by atoms with Gasteiger partial charge in [0.25, 0.3) is 0 Å². The standard InChI is InChI=1S/C13H8N4/c1-2-4-10-9(3-1)13-16-11-5-6-14-7-12(11)17(13)8-15-10/h1-8H. The van der Waals surface area contributed by atoms with Crippen LogP contribution >= 0.6 is 0 Å². The maximum absolute atomic E-state index is 4.63. The van der Waals surface area contributed by atoms with Crippen molar-refractivity contribution in [3.8, 4) is 0 Å². The number of hydrogen-bond donors (Lipinski definition) is 0. The summed E-state index contributed by atoms with van der Waals surface area (Å²) in [5.74, 6) is 0. The van der Waals surface area contributed by atoms with Crippen LogP contribution in [0.15, 0.2) is 49.1 Å². The molecule has 0 saturated carbocycles. The van der Waals surface area contributed by atoms with Crippen LogP contribution < -0.4 is 0 Å². The summed E-state index contributed by atoms with van der Waals surface area (Å²) in [5.41, 5.74) is 3.82. The van der Waals surface area contributed by atoms with Crippen LogP contribution in [0.5, 0.6) is 0 Å². The third-order valence-corrected chi connectivity index (χ3v) is 2.95. The minimum absolute atomic E-state index is 0.929. The summed E-state index contributed by atoms with van der Waals surface area (Å²) in [4.78, 5) is 13.2. The van der Waals surface area contributed by atoms with Crippen molar-refractivity contribution in [2.24, 2.45) is 0 Å². The van der Waals surface area contributed by atoms with Crippen LogP contribution in [0.25, 0.3) is 27.6 Å². The van der Waals surface area contributed by atoms with Gasteiger partial charge in [-0.05, 0) is 18.2 Å². The fraction of sp³-hybridized carbons (Fsp3) is 0. The number of hydrogen-bond acceptors (Lipinski definition) is 3. The zero-order chi connectivity index (χ0) is 11.2. The molecule has 0 amide bonds. The van der Waals surface area contributed by atoms with Gasteiger partial charge in [-0.2, -0.15) is 0 Å². The number of pyridine rings is 1. The Labute approximate surface area is 96.6 Å². The van der Waals surface area contributed by atoms with E-state index >= 15 is 0 Å². The number of para-hydroxylation sites is 1. The van der Waals surface area contributed by atoms with Crippen molar-refractivity contribution in [1.29, 1.82) is 0 Å². The summed E-state index contributed by atoms with van der Waals surface area (Å²) in [6.07, 6.45) is 5.37. The molecule has 0 bridgehead atoms. The topological polar surface area (TPSA) is 43.1 Å². The van der Waals surface area contributed by atoms with Crippen LogP contribution in [-0.2, 0) is 0 Å². The third-order valence-electron chi connectivity index (χ3n) is 2.95. The Kier molecular flexibility index (Phi) is 1.53. The number of imidazole rings is 1. The molecule has 0 spiro atoms. The van der Waals surface area contributed by atoms with Crippen LogP contribution in [0.1, 0.15) is 0 Å². The summed E-state index contributed by atoms with van der Waals surface area (Å²) >= 11 is 0. The Morgan fingerprint density at radius 3 is 2.94 bits per heavy atom. The first kappa shape index (κ1) is 8.64. The molecule has 0 aliphatic heterocycles. The molecule has 4 rings (SSSR count). The minimum atomic E-state index is 0.929. The first-order chi connectivity index (χ1) is 8.43. The fourth-order valence-electron chi connectivity index (χ4n) is 2.14. The van der Waals surface area contributed by atoms with Crippen LogP contribution in [0.2, 0.25) is 0 Å². The van der Waals surface area contributed by atoms with Gasteiger partial charge in [-0.3, -0.25) is 9.38 Å². The maximum Gasteiger partial charge on any atom is 0.148 e. The summed E-state index contributed by atoms with van der Waals surface area (Å²) in [7, 11) is 0. The van der Waals surface area contributed by atoms with Crippen LogP contribution in [0, 0.1) is 0 Å². The van der Waals surface area contributed by atoms with E-state index in [1.807, 2.05) is 40.9 Å². The molecule has 1 aromatic carbocycles. The molecule has 0 radical (unpaired) electrons. The van der Waals surface area contributed by atoms with Gasteiger partial charge < -0.3 is 0 Å². The highest BCUT2D eigenvalue weighted by Crippen LogP contribution is 2.21. The molecular weight excluding hydrogens is 212 g/mol. The molecular formula is C13H8N4. The molecule has 80 valence electrons. The lowest BCUT2D eigenvalue weighted by atomic mass is 10.2. The summed E-state index contributed by atoms with van der Waals surface area (Å²) in [6, 6.07) is 9.93. The Morgan fingerprint density at radius 2 is 1.94 bits per heavy atom. The minimum Gasteiger partial charge on any atom is -0.281 e. The molecule has 0 saturated heterocycles. The van der Waals surface area contributed by atoms with Crippen LogP contribution in [0.4, 0.5) is 0 Å². The van der Waals surface area contributed by atoms with E-state index in [2.05, 4.69) is 15.0 Å². The predicted octanol–water partition coefficient (Wildman–Crippen LogP) is 2.43. The number of aromatic nitrogens is 4. The highest BCUT2D eigenvalue weighted by molar-refractivity contribution is 5.95. The van der Waals surface area contributed by atoms with Gasteiger partial charge in [0.15, 0.2) is 0 Å². The molecule has 3 aromatic heterocycles. The lowest BCUT2D eigenvalue weighted by Gasteiger charge is -1.98. The summed E-state index contributed by atoms with van der Waals surface area (Å²) in [6.45, 7) is 0. The van der Waals surface area contributed by atoms with Crippen molar-refractivity contribution in [3.05, 3.63) is 49.1 Å². The zero-order valence-corrected chi connectivity index (χ0v) is 8.91. The zero-order valence-electron chi connectivity index (χ0n) is 8.91. The number of fused-ring (bicyclic) bond motifs is 5. The Balaban J connectivity index is 2.34. The maximum atomic E-state index is 4.63. The largest absolute Gasteiger partial charge is 0.281 e. The van der Waals surface area contributed by atoms with E-state index < -0.39 is 0 Å². The van der Waals surface area contributed by atoms with E-state index in [9.17, 15) is 0 Å². The second-order valence-electron chi connectivity index (χ2n) is 3.93. The highest BCUT2D eigenvalue weighted by Gasteiger charge is 2.07. The van der Waals surface area contributed by atoms with Gasteiger partial charge >= 0.3 is 0 Å². The first-order valence-corrected chi connectivity index (χ1v) is 5.39. The van der Waals surface area contributed by atoms with E-state index in [1.54, 1.807) is 12.5 Å². The molecule has 3 heterocycles. The Hall–Kier alpha value is -2.49. The summed E-state index contributed by atoms with van der Waals surface area (Å²) in [5, 5.41) is 1.06. The second-order valence-corrected chi connectivity index (χ2v) is 3.93. The molecule has 4 nitrogen and oxygen atoms in total. The molecule has 4 aromatic rings. The van der Waals surface area contributed by atoms with E-state index in [0.29, 0.717) is 0 Å². The van der Waals surface area contributed by atoms with Gasteiger partial charge in [0.2, 0.25) is 0 Å². The Morgan fingerprint density at radius 1 is 1.00 bits per heavy atom. The van der Waals surface area contributed by atoms with Crippen molar-refractivity contribution in [2.45, 2.75) is 0 Å².